The molecule has 0 fully saturated rings. The van der Waals surface area contributed by atoms with Crippen LogP contribution in [0.1, 0.15) is 37.1 Å². The highest BCUT2D eigenvalue weighted by molar-refractivity contribution is 5.36. The summed E-state index contributed by atoms with van der Waals surface area (Å²) in [7, 11) is 0. The lowest BCUT2D eigenvalue weighted by Crippen LogP contribution is -2.25. The van der Waals surface area contributed by atoms with Crippen LogP contribution in [0.3, 0.4) is 0 Å². The van der Waals surface area contributed by atoms with Crippen LogP contribution in [-0.4, -0.2) is 14.9 Å². The second-order valence-corrected chi connectivity index (χ2v) is 5.25. The maximum Gasteiger partial charge on any atom is 0.283 e. The highest BCUT2D eigenvalue weighted by Gasteiger charge is 2.19. The number of rotatable bonds is 6. The summed E-state index contributed by atoms with van der Waals surface area (Å²) in [5.74, 6) is 0.433. The van der Waals surface area contributed by atoms with Crippen molar-refractivity contribution in [3.63, 3.8) is 0 Å². The first-order chi connectivity index (χ1) is 10.9. The van der Waals surface area contributed by atoms with Gasteiger partial charge in [0, 0.05) is 18.2 Å². The van der Waals surface area contributed by atoms with Gasteiger partial charge in [0.05, 0.1) is 4.92 Å². The van der Waals surface area contributed by atoms with E-state index < -0.39 is 16.6 Å². The zero-order valence-corrected chi connectivity index (χ0v) is 12.9. The Hall–Kier alpha value is -2.83. The lowest BCUT2D eigenvalue weighted by molar-refractivity contribution is -0.384. The number of nitrogens with zero attached hydrogens (tertiary/aromatic N) is 2. The Balaban J connectivity index is 2.32. The van der Waals surface area contributed by atoms with Crippen LogP contribution in [0.5, 0.6) is 5.75 Å². The van der Waals surface area contributed by atoms with Crippen LogP contribution in [0.4, 0.5) is 5.69 Å². The number of aryl methyl sites for hydroxylation is 1. The summed E-state index contributed by atoms with van der Waals surface area (Å²) in [4.78, 5) is 21.9. The third kappa shape index (κ3) is 3.88. The fourth-order valence-electron chi connectivity index (χ4n) is 2.29. The van der Waals surface area contributed by atoms with Crippen molar-refractivity contribution >= 4 is 5.69 Å². The summed E-state index contributed by atoms with van der Waals surface area (Å²) < 4.78 is 6.41. The summed E-state index contributed by atoms with van der Waals surface area (Å²) in [6.45, 7) is 3.72. The molecule has 0 aliphatic carbocycles. The molecular weight excluding hydrogens is 300 g/mol. The van der Waals surface area contributed by atoms with Gasteiger partial charge in [0.15, 0.2) is 0 Å². The maximum absolute atomic E-state index is 11.7. The summed E-state index contributed by atoms with van der Waals surface area (Å²) >= 11 is 0. The number of hydrogen-bond acceptors (Lipinski definition) is 5. The van der Waals surface area contributed by atoms with Gasteiger partial charge in [0.2, 0.25) is 0 Å². The first-order valence-electron chi connectivity index (χ1n) is 7.26. The third-order valence-corrected chi connectivity index (χ3v) is 3.39. The maximum atomic E-state index is 11.7. The number of benzene rings is 1. The molecule has 1 atom stereocenters. The predicted octanol–water partition coefficient (Wildman–Crippen LogP) is 3.22. The molecule has 1 aromatic heterocycles. The van der Waals surface area contributed by atoms with E-state index in [9.17, 15) is 20.1 Å². The van der Waals surface area contributed by atoms with Gasteiger partial charge < -0.3 is 9.94 Å². The molecule has 122 valence electrons. The monoisotopic (exact) mass is 318 g/mol. The molecule has 23 heavy (non-hydrogen) atoms. The predicted molar refractivity (Wildman–Crippen MR) is 84.0 cm³/mol. The topological polar surface area (TPSA) is 94.6 Å². The number of hydrogen-bond donors (Lipinski definition) is 1. The number of pyridine rings is 1. The van der Waals surface area contributed by atoms with Crippen LogP contribution in [0.25, 0.3) is 0 Å². The van der Waals surface area contributed by atoms with E-state index in [1.54, 1.807) is 13.0 Å². The van der Waals surface area contributed by atoms with Crippen molar-refractivity contribution in [1.29, 1.82) is 0 Å². The average Bonchev–Trinajstić information content (AvgIpc) is 2.51. The Morgan fingerprint density at radius 2 is 1.96 bits per heavy atom. The molecule has 7 nitrogen and oxygen atoms in total. The van der Waals surface area contributed by atoms with E-state index in [1.807, 2.05) is 6.92 Å². The smallest absolute Gasteiger partial charge is 0.283 e. The minimum absolute atomic E-state index is 0.0287. The molecule has 0 saturated carbocycles. The van der Waals surface area contributed by atoms with Gasteiger partial charge in [-0.05, 0) is 37.1 Å². The Morgan fingerprint density at radius 3 is 2.52 bits per heavy atom. The van der Waals surface area contributed by atoms with Gasteiger partial charge in [-0.1, -0.05) is 13.3 Å². The van der Waals surface area contributed by atoms with Gasteiger partial charge in [-0.25, -0.2) is 0 Å². The molecule has 7 heteroatoms. The number of aromatic nitrogens is 1. The van der Waals surface area contributed by atoms with Crippen LogP contribution in [0, 0.1) is 17.0 Å². The number of nitro groups is 1. The van der Waals surface area contributed by atoms with Gasteiger partial charge in [-0.15, -0.1) is 4.73 Å². The SMILES string of the molecule is CCCC(Oc1ccc([N+](=O)[O-])cc1)c1cc(C)cc(=O)n1O. The van der Waals surface area contributed by atoms with Crippen LogP contribution < -0.4 is 10.3 Å². The molecule has 0 radical (unpaired) electrons. The summed E-state index contributed by atoms with van der Waals surface area (Å²) in [6.07, 6.45) is 0.833. The van der Waals surface area contributed by atoms with Crippen molar-refractivity contribution in [2.24, 2.45) is 0 Å². The third-order valence-electron chi connectivity index (χ3n) is 3.39. The molecule has 0 bridgehead atoms. The van der Waals surface area contributed by atoms with Crippen molar-refractivity contribution < 1.29 is 14.9 Å². The van der Waals surface area contributed by atoms with Crippen molar-refractivity contribution in [3.8, 4) is 5.75 Å². The fraction of sp³-hybridized carbons (Fsp3) is 0.312. The van der Waals surface area contributed by atoms with Gasteiger partial charge >= 0.3 is 0 Å². The first-order valence-corrected chi connectivity index (χ1v) is 7.26. The van der Waals surface area contributed by atoms with Gasteiger partial charge in [0.1, 0.15) is 17.5 Å². The van der Waals surface area contributed by atoms with Crippen LogP contribution in [-0.2, 0) is 0 Å². The van der Waals surface area contributed by atoms with Crippen molar-refractivity contribution in [3.05, 3.63) is 68.1 Å². The molecule has 0 spiro atoms. The van der Waals surface area contributed by atoms with Crippen LogP contribution >= 0.6 is 0 Å². The zero-order chi connectivity index (χ0) is 17.0. The largest absolute Gasteiger partial charge is 0.484 e. The van der Waals surface area contributed by atoms with E-state index in [-0.39, 0.29) is 5.69 Å². The Morgan fingerprint density at radius 1 is 1.30 bits per heavy atom. The Bertz CT molecular complexity index is 752. The minimum atomic E-state index is -0.529. The van der Waals surface area contributed by atoms with Crippen LogP contribution in [0.2, 0.25) is 0 Å². The van der Waals surface area contributed by atoms with E-state index in [0.29, 0.717) is 22.6 Å². The van der Waals surface area contributed by atoms with Crippen LogP contribution in [0.15, 0.2) is 41.2 Å². The molecule has 1 N–H and O–H groups in total. The molecule has 0 aliphatic rings. The Labute approximate surface area is 132 Å². The van der Waals surface area contributed by atoms with E-state index >= 15 is 0 Å². The minimum Gasteiger partial charge on any atom is -0.484 e. The average molecular weight is 318 g/mol. The van der Waals surface area contributed by atoms with E-state index in [0.717, 1.165) is 12.0 Å². The molecule has 0 saturated heterocycles. The lowest BCUT2D eigenvalue weighted by atomic mass is 10.1. The number of non-ortho nitro benzene ring substituents is 1. The van der Waals surface area contributed by atoms with Crippen molar-refractivity contribution in [2.75, 3.05) is 0 Å². The normalized spacial score (nSPS) is 11.9. The van der Waals surface area contributed by atoms with Crippen molar-refractivity contribution in [1.82, 2.24) is 4.73 Å². The molecule has 1 unspecified atom stereocenters. The summed E-state index contributed by atoms with van der Waals surface area (Å²) in [5.41, 5.74) is 0.534. The highest BCUT2D eigenvalue weighted by atomic mass is 16.6. The quantitative estimate of drug-likeness (QED) is 0.501. The molecular formula is C16H18N2O5. The van der Waals surface area contributed by atoms with E-state index in [4.69, 9.17) is 4.74 Å². The van der Waals surface area contributed by atoms with Gasteiger partial charge in [0.25, 0.3) is 11.2 Å². The molecule has 2 rings (SSSR count). The fourth-order valence-corrected chi connectivity index (χ4v) is 2.29. The van der Waals surface area contributed by atoms with Gasteiger partial charge in [-0.2, -0.15) is 0 Å². The Kier molecular flexibility index (Phi) is 5.00. The standard InChI is InChI=1S/C16H18N2O5/c1-3-4-15(14-9-11(2)10-16(19)17(14)20)23-13-7-5-12(6-8-13)18(21)22/h5-10,15,20H,3-4H2,1-2H3. The lowest BCUT2D eigenvalue weighted by Gasteiger charge is -2.20. The van der Waals surface area contributed by atoms with E-state index in [1.165, 1.54) is 30.3 Å². The summed E-state index contributed by atoms with van der Waals surface area (Å²) in [6, 6.07) is 8.71. The first kappa shape index (κ1) is 16.5. The number of nitro benzene ring substituents is 1. The van der Waals surface area contributed by atoms with Gasteiger partial charge in [-0.3, -0.25) is 14.9 Å². The summed E-state index contributed by atoms with van der Waals surface area (Å²) in [5, 5.41) is 20.6. The molecule has 1 aromatic carbocycles. The highest BCUT2D eigenvalue weighted by Crippen LogP contribution is 2.27. The molecule has 2 aromatic rings. The second kappa shape index (κ2) is 6.95. The number of ether oxygens (including phenoxy) is 1. The van der Waals surface area contributed by atoms with E-state index in [2.05, 4.69) is 0 Å². The molecule has 1 heterocycles. The molecule has 0 aliphatic heterocycles. The zero-order valence-electron chi connectivity index (χ0n) is 12.9. The molecule has 0 amide bonds. The second-order valence-electron chi connectivity index (χ2n) is 5.25. The van der Waals surface area contributed by atoms with Crippen molar-refractivity contribution in [2.45, 2.75) is 32.8 Å².